The highest BCUT2D eigenvalue weighted by Crippen LogP contribution is 2.04. The van der Waals surface area contributed by atoms with Crippen molar-refractivity contribution >= 4 is 0 Å². The molecule has 0 aromatic heterocycles. The highest BCUT2D eigenvalue weighted by atomic mass is 16.7. The number of hydroxylamine groups is 2. The Labute approximate surface area is 75.6 Å². The fourth-order valence-corrected chi connectivity index (χ4v) is 0.651. The van der Waals surface area contributed by atoms with Crippen molar-refractivity contribution < 1.29 is 9.57 Å². The molecule has 0 saturated carbocycles. The van der Waals surface area contributed by atoms with E-state index in [-0.39, 0.29) is 0 Å². The molecule has 0 aromatic rings. The average Bonchev–Trinajstić information content (AvgIpc) is 2.03. The van der Waals surface area contributed by atoms with Gasteiger partial charge in [-0.2, -0.15) is 5.06 Å². The van der Waals surface area contributed by atoms with E-state index in [2.05, 4.69) is 20.8 Å². The molecule has 0 heterocycles. The summed E-state index contributed by atoms with van der Waals surface area (Å²) in [7, 11) is 3.55. The largest absolute Gasteiger partial charge is 0.377 e. The molecule has 3 nitrogen and oxygen atoms in total. The molecule has 0 fully saturated rings. The van der Waals surface area contributed by atoms with Crippen molar-refractivity contribution in [3.05, 3.63) is 0 Å². The minimum absolute atomic E-state index is 0.329. The highest BCUT2D eigenvalue weighted by Gasteiger charge is 2.06. The lowest BCUT2D eigenvalue weighted by molar-refractivity contribution is -0.125. The zero-order valence-corrected chi connectivity index (χ0v) is 8.83. The van der Waals surface area contributed by atoms with E-state index in [1.165, 1.54) is 0 Å². The van der Waals surface area contributed by atoms with Crippen LogP contribution in [0.3, 0.4) is 0 Å². The van der Waals surface area contributed by atoms with Crippen LogP contribution in [-0.4, -0.2) is 38.5 Å². The van der Waals surface area contributed by atoms with Crippen molar-refractivity contribution in [1.29, 1.82) is 0 Å². The van der Waals surface area contributed by atoms with Crippen molar-refractivity contribution in [3.63, 3.8) is 0 Å². The van der Waals surface area contributed by atoms with E-state index in [1.54, 1.807) is 12.2 Å². The molecule has 0 aromatic carbocycles. The molecule has 1 atom stereocenters. The fourth-order valence-electron chi connectivity index (χ4n) is 0.651. The Morgan fingerprint density at radius 3 is 2.25 bits per heavy atom. The Balaban J connectivity index is 3.30. The zero-order valence-electron chi connectivity index (χ0n) is 8.83. The van der Waals surface area contributed by atoms with Crippen LogP contribution >= 0.6 is 0 Å². The lowest BCUT2D eigenvalue weighted by Crippen LogP contribution is -2.25. The zero-order chi connectivity index (χ0) is 9.56. The minimum Gasteiger partial charge on any atom is -0.377 e. The van der Waals surface area contributed by atoms with Crippen LogP contribution in [0.15, 0.2) is 0 Å². The fraction of sp³-hybridized carbons (Fsp3) is 1.00. The molecule has 0 spiro atoms. The van der Waals surface area contributed by atoms with Crippen molar-refractivity contribution in [3.8, 4) is 0 Å². The topological polar surface area (TPSA) is 21.7 Å². The maximum Gasteiger partial charge on any atom is 0.0620 e. The third kappa shape index (κ3) is 5.52. The van der Waals surface area contributed by atoms with E-state index in [9.17, 15) is 0 Å². The quantitative estimate of drug-likeness (QED) is 0.572. The van der Waals surface area contributed by atoms with Gasteiger partial charge in [-0.15, -0.1) is 0 Å². The molecule has 3 heteroatoms. The summed E-state index contributed by atoms with van der Waals surface area (Å²) in [5.41, 5.74) is 0. The van der Waals surface area contributed by atoms with Gasteiger partial charge in [0.05, 0.1) is 19.8 Å². The Bertz CT molecular complexity index is 107. The van der Waals surface area contributed by atoms with Gasteiger partial charge in [-0.25, -0.2) is 0 Å². The first-order valence-corrected chi connectivity index (χ1v) is 4.44. The number of nitrogens with zero attached hydrogens (tertiary/aromatic N) is 1. The van der Waals surface area contributed by atoms with Gasteiger partial charge in [0.2, 0.25) is 0 Å². The van der Waals surface area contributed by atoms with Crippen molar-refractivity contribution in [2.24, 2.45) is 5.92 Å². The van der Waals surface area contributed by atoms with E-state index in [1.807, 2.05) is 7.05 Å². The van der Waals surface area contributed by atoms with Crippen LogP contribution in [0.5, 0.6) is 0 Å². The molecule has 0 N–H and O–H groups in total. The van der Waals surface area contributed by atoms with Gasteiger partial charge in [0, 0.05) is 13.6 Å². The molecule has 12 heavy (non-hydrogen) atoms. The van der Waals surface area contributed by atoms with Crippen molar-refractivity contribution in [2.45, 2.75) is 26.9 Å². The van der Waals surface area contributed by atoms with Crippen LogP contribution < -0.4 is 0 Å². The van der Waals surface area contributed by atoms with E-state index in [4.69, 9.17) is 9.57 Å². The summed E-state index contributed by atoms with van der Waals surface area (Å²) < 4.78 is 5.55. The van der Waals surface area contributed by atoms with E-state index < -0.39 is 0 Å². The monoisotopic (exact) mass is 175 g/mol. The van der Waals surface area contributed by atoms with Gasteiger partial charge >= 0.3 is 0 Å². The van der Waals surface area contributed by atoms with Gasteiger partial charge in [0.1, 0.15) is 0 Å². The Morgan fingerprint density at radius 1 is 1.25 bits per heavy atom. The first-order valence-electron chi connectivity index (χ1n) is 4.44. The van der Waals surface area contributed by atoms with Gasteiger partial charge in [-0.1, -0.05) is 13.8 Å². The molecule has 0 saturated heterocycles. The van der Waals surface area contributed by atoms with Gasteiger partial charge in [0.25, 0.3) is 0 Å². The lowest BCUT2D eigenvalue weighted by Gasteiger charge is -2.19. The van der Waals surface area contributed by atoms with Crippen molar-refractivity contribution in [2.75, 3.05) is 27.3 Å². The molecule has 0 radical (unpaired) electrons. The van der Waals surface area contributed by atoms with Gasteiger partial charge in [-0.05, 0) is 12.8 Å². The molecule has 0 aliphatic carbocycles. The Morgan fingerprint density at radius 2 is 1.83 bits per heavy atom. The highest BCUT2D eigenvalue weighted by molar-refractivity contribution is 4.54. The van der Waals surface area contributed by atoms with Crippen LogP contribution in [0.25, 0.3) is 0 Å². The first-order chi connectivity index (χ1) is 5.57. The second kappa shape index (κ2) is 6.40. The SMILES string of the molecule is CON(C)CCO[C@H](C)C(C)C. The number of ether oxygens (including phenoxy) is 1. The molecule has 0 unspecified atom stereocenters. The predicted octanol–water partition coefficient (Wildman–Crippen LogP) is 1.54. The first kappa shape index (κ1) is 11.9. The van der Waals surface area contributed by atoms with Crippen LogP contribution in [0, 0.1) is 5.92 Å². The lowest BCUT2D eigenvalue weighted by atomic mass is 10.1. The standard InChI is InChI=1S/C9H21NO2/c1-8(2)9(3)12-7-6-10(4)11-5/h8-9H,6-7H2,1-5H3/t9-/m1/s1. The number of hydrogen-bond donors (Lipinski definition) is 0. The van der Waals surface area contributed by atoms with Gasteiger partial charge < -0.3 is 9.57 Å². The summed E-state index contributed by atoms with van der Waals surface area (Å²) in [5.74, 6) is 0.581. The average molecular weight is 175 g/mol. The van der Waals surface area contributed by atoms with Crippen LogP contribution in [-0.2, 0) is 9.57 Å². The maximum atomic E-state index is 5.55. The summed E-state index contributed by atoms with van der Waals surface area (Å²) in [5, 5.41) is 1.76. The van der Waals surface area contributed by atoms with E-state index in [0.717, 1.165) is 13.2 Å². The molecule has 74 valence electrons. The smallest absolute Gasteiger partial charge is 0.0620 e. The minimum atomic E-state index is 0.329. The normalized spacial score (nSPS) is 14.2. The summed E-state index contributed by atoms with van der Waals surface area (Å²) in [6, 6.07) is 0. The Hall–Kier alpha value is -0.120. The summed E-state index contributed by atoms with van der Waals surface area (Å²) in [4.78, 5) is 4.95. The van der Waals surface area contributed by atoms with E-state index >= 15 is 0 Å². The molecule has 0 rings (SSSR count). The third-order valence-corrected chi connectivity index (χ3v) is 2.04. The molecular formula is C9H21NO2. The summed E-state index contributed by atoms with van der Waals surface area (Å²) in [6.45, 7) is 7.95. The second-order valence-electron chi connectivity index (χ2n) is 3.35. The summed E-state index contributed by atoms with van der Waals surface area (Å²) >= 11 is 0. The van der Waals surface area contributed by atoms with Crippen molar-refractivity contribution in [1.82, 2.24) is 5.06 Å². The third-order valence-electron chi connectivity index (χ3n) is 2.04. The van der Waals surface area contributed by atoms with E-state index in [0.29, 0.717) is 12.0 Å². The summed E-state index contributed by atoms with van der Waals surface area (Å²) in [6.07, 6.45) is 0.329. The number of rotatable bonds is 6. The molecule has 0 aliphatic heterocycles. The molecule has 0 aliphatic rings. The van der Waals surface area contributed by atoms with Crippen LogP contribution in [0.1, 0.15) is 20.8 Å². The maximum absolute atomic E-state index is 5.55. The van der Waals surface area contributed by atoms with Crippen LogP contribution in [0.2, 0.25) is 0 Å². The Kier molecular flexibility index (Phi) is 6.34. The van der Waals surface area contributed by atoms with Gasteiger partial charge in [0.15, 0.2) is 0 Å². The predicted molar refractivity (Wildman–Crippen MR) is 49.9 cm³/mol. The molecular weight excluding hydrogens is 154 g/mol. The van der Waals surface area contributed by atoms with Gasteiger partial charge in [-0.3, -0.25) is 0 Å². The number of likely N-dealkylation sites (N-methyl/N-ethyl adjacent to an activating group) is 1. The molecule has 0 bridgehead atoms. The van der Waals surface area contributed by atoms with Crippen LogP contribution in [0.4, 0.5) is 0 Å². The second-order valence-corrected chi connectivity index (χ2v) is 3.35. The number of hydrogen-bond acceptors (Lipinski definition) is 3. The molecule has 0 amide bonds.